The first-order chi connectivity index (χ1) is 14.2. The Morgan fingerprint density at radius 3 is 2.67 bits per heavy atom. The van der Waals surface area contributed by atoms with E-state index in [0.717, 1.165) is 15.6 Å². The maximum absolute atomic E-state index is 12.5. The topological polar surface area (TPSA) is 105 Å². The summed E-state index contributed by atoms with van der Waals surface area (Å²) in [5.41, 5.74) is 2.21. The second kappa shape index (κ2) is 8.85. The van der Waals surface area contributed by atoms with E-state index < -0.39 is 10.0 Å². The molecule has 3 rings (SSSR count). The monoisotopic (exact) mass is 431 g/mol. The fourth-order valence-corrected chi connectivity index (χ4v) is 4.40. The van der Waals surface area contributed by atoms with Crippen LogP contribution in [0.3, 0.4) is 0 Å². The Labute approximate surface area is 176 Å². The van der Waals surface area contributed by atoms with Crippen molar-refractivity contribution >= 4 is 33.2 Å². The first-order valence-electron chi connectivity index (χ1n) is 9.51. The third-order valence-electron chi connectivity index (χ3n) is 5.04. The van der Waals surface area contributed by atoms with E-state index in [1.165, 1.54) is 33.3 Å². The van der Waals surface area contributed by atoms with Crippen molar-refractivity contribution in [3.05, 3.63) is 48.0 Å². The van der Waals surface area contributed by atoms with Crippen LogP contribution in [-0.2, 0) is 26.0 Å². The summed E-state index contributed by atoms with van der Waals surface area (Å²) in [7, 11) is 0.494. The minimum absolute atomic E-state index is 0.0314. The summed E-state index contributed by atoms with van der Waals surface area (Å²) in [4.78, 5) is 24.7. The molecule has 0 radical (unpaired) electrons. The molecule has 0 bridgehead atoms. The molecule has 30 heavy (non-hydrogen) atoms. The van der Waals surface area contributed by atoms with Gasteiger partial charge in [-0.3, -0.25) is 9.59 Å². The smallest absolute Gasteiger partial charge is 0.246 e. The number of para-hydroxylation sites is 1. The molecule has 1 atom stereocenters. The van der Waals surface area contributed by atoms with E-state index in [1.54, 1.807) is 6.07 Å². The van der Waals surface area contributed by atoms with Crippen molar-refractivity contribution < 1.29 is 22.7 Å². The van der Waals surface area contributed by atoms with Gasteiger partial charge in [0, 0.05) is 37.8 Å². The molecule has 8 nitrogen and oxygen atoms in total. The summed E-state index contributed by atoms with van der Waals surface area (Å²) in [5, 5.41) is 5.58. The van der Waals surface area contributed by atoms with Gasteiger partial charge < -0.3 is 15.4 Å². The molecule has 0 saturated carbocycles. The summed E-state index contributed by atoms with van der Waals surface area (Å²) in [6.07, 6.45) is 1.12. The van der Waals surface area contributed by atoms with Crippen molar-refractivity contribution in [2.75, 3.05) is 31.8 Å². The number of amides is 2. The number of nitrogens with zero attached hydrogens (tertiary/aromatic N) is 1. The fraction of sp³-hybridized carbons (Fsp3) is 0.333. The van der Waals surface area contributed by atoms with E-state index in [4.69, 9.17) is 4.74 Å². The van der Waals surface area contributed by atoms with Crippen molar-refractivity contribution in [2.45, 2.75) is 24.2 Å². The standard InChI is InChI=1S/C21H25N3O5S/c1-24(2)30(27,28)19-13-16(9-10-18(19)29-3)22-20(25)11-8-15-12-14-6-4-5-7-17(14)23-21(15)26/h4-7,9-10,13,15H,8,11-12H2,1-3H3,(H,22,25)(H,23,26)/t15-/m1/s1. The van der Waals surface area contributed by atoms with Crippen LogP contribution in [0.15, 0.2) is 47.4 Å². The van der Waals surface area contributed by atoms with E-state index in [-0.39, 0.29) is 34.8 Å². The Balaban J connectivity index is 1.66. The molecule has 2 amide bonds. The highest BCUT2D eigenvalue weighted by Crippen LogP contribution is 2.30. The number of fused-ring (bicyclic) bond motifs is 1. The van der Waals surface area contributed by atoms with Crippen LogP contribution in [0.2, 0.25) is 0 Å². The lowest BCUT2D eigenvalue weighted by molar-refractivity contribution is -0.121. The lowest BCUT2D eigenvalue weighted by Gasteiger charge is -2.24. The van der Waals surface area contributed by atoms with Crippen molar-refractivity contribution in [1.82, 2.24) is 4.31 Å². The van der Waals surface area contributed by atoms with Gasteiger partial charge in [0.2, 0.25) is 21.8 Å². The van der Waals surface area contributed by atoms with E-state index in [0.29, 0.717) is 18.5 Å². The molecule has 0 saturated heterocycles. The second-order valence-electron chi connectivity index (χ2n) is 7.29. The van der Waals surface area contributed by atoms with Gasteiger partial charge in [-0.15, -0.1) is 0 Å². The Morgan fingerprint density at radius 1 is 1.23 bits per heavy atom. The van der Waals surface area contributed by atoms with E-state index in [2.05, 4.69) is 10.6 Å². The SMILES string of the molecule is COc1ccc(NC(=O)CC[C@@H]2Cc3ccccc3NC2=O)cc1S(=O)(=O)N(C)C. The van der Waals surface area contributed by atoms with Crippen molar-refractivity contribution in [2.24, 2.45) is 5.92 Å². The van der Waals surface area contributed by atoms with Gasteiger partial charge in [-0.25, -0.2) is 12.7 Å². The number of anilines is 2. The highest BCUT2D eigenvalue weighted by Gasteiger charge is 2.27. The highest BCUT2D eigenvalue weighted by atomic mass is 32.2. The van der Waals surface area contributed by atoms with Crippen molar-refractivity contribution in [1.29, 1.82) is 0 Å². The Kier molecular flexibility index (Phi) is 6.42. The number of methoxy groups -OCH3 is 1. The van der Waals surface area contributed by atoms with Gasteiger partial charge >= 0.3 is 0 Å². The molecular weight excluding hydrogens is 406 g/mol. The summed E-state index contributed by atoms with van der Waals surface area (Å²) in [6, 6.07) is 12.1. The van der Waals surface area contributed by atoms with E-state index >= 15 is 0 Å². The molecule has 0 spiro atoms. The number of hydrogen-bond acceptors (Lipinski definition) is 5. The number of nitrogens with one attached hydrogen (secondary N) is 2. The molecular formula is C21H25N3O5S. The Hall–Kier alpha value is -2.91. The van der Waals surface area contributed by atoms with Crippen LogP contribution in [0.25, 0.3) is 0 Å². The minimum Gasteiger partial charge on any atom is -0.495 e. The molecule has 0 aromatic heterocycles. The third kappa shape index (κ3) is 4.63. The van der Waals surface area contributed by atoms with Gasteiger partial charge in [-0.05, 0) is 42.7 Å². The second-order valence-corrected chi connectivity index (χ2v) is 9.41. The van der Waals surface area contributed by atoms with Crippen LogP contribution < -0.4 is 15.4 Å². The molecule has 0 aliphatic carbocycles. The first kappa shape index (κ1) is 21.8. The van der Waals surface area contributed by atoms with Crippen LogP contribution in [0, 0.1) is 5.92 Å². The van der Waals surface area contributed by atoms with Crippen LogP contribution in [0.1, 0.15) is 18.4 Å². The normalized spacial score (nSPS) is 16.0. The van der Waals surface area contributed by atoms with Gasteiger partial charge in [0.05, 0.1) is 7.11 Å². The summed E-state index contributed by atoms with van der Waals surface area (Å²) in [6.45, 7) is 0. The number of rotatable bonds is 7. The quantitative estimate of drug-likeness (QED) is 0.701. The summed E-state index contributed by atoms with van der Waals surface area (Å²) < 4.78 is 31.2. The molecule has 1 heterocycles. The number of carbonyl (C=O) groups is 2. The molecule has 9 heteroatoms. The van der Waals surface area contributed by atoms with Crippen LogP contribution in [-0.4, -0.2) is 45.7 Å². The van der Waals surface area contributed by atoms with Gasteiger partial charge in [0.15, 0.2) is 0 Å². The van der Waals surface area contributed by atoms with E-state index in [1.807, 2.05) is 24.3 Å². The highest BCUT2D eigenvalue weighted by molar-refractivity contribution is 7.89. The lowest BCUT2D eigenvalue weighted by atomic mass is 9.89. The Morgan fingerprint density at radius 2 is 1.97 bits per heavy atom. The molecule has 2 aromatic rings. The lowest BCUT2D eigenvalue weighted by Crippen LogP contribution is -2.30. The van der Waals surface area contributed by atoms with Gasteiger partial charge in [0.25, 0.3) is 0 Å². The molecule has 2 aromatic carbocycles. The molecule has 160 valence electrons. The number of benzene rings is 2. The number of sulfonamides is 1. The number of carbonyl (C=O) groups excluding carboxylic acids is 2. The zero-order chi connectivity index (χ0) is 21.9. The van der Waals surface area contributed by atoms with Crippen molar-refractivity contribution in [3.63, 3.8) is 0 Å². The van der Waals surface area contributed by atoms with E-state index in [9.17, 15) is 18.0 Å². The van der Waals surface area contributed by atoms with Crippen molar-refractivity contribution in [3.8, 4) is 5.75 Å². The van der Waals surface area contributed by atoms with Crippen LogP contribution in [0.4, 0.5) is 11.4 Å². The first-order valence-corrected chi connectivity index (χ1v) is 11.0. The molecule has 2 N–H and O–H groups in total. The zero-order valence-corrected chi connectivity index (χ0v) is 18.0. The van der Waals surface area contributed by atoms with Crippen LogP contribution in [0.5, 0.6) is 5.75 Å². The molecule has 0 fully saturated rings. The van der Waals surface area contributed by atoms with Gasteiger partial charge in [0.1, 0.15) is 10.6 Å². The third-order valence-corrected chi connectivity index (χ3v) is 6.87. The molecule has 1 aliphatic rings. The average molecular weight is 432 g/mol. The predicted octanol–water partition coefficient (Wildman–Crippen LogP) is 2.48. The Bertz CT molecular complexity index is 1070. The summed E-state index contributed by atoms with van der Waals surface area (Å²) in [5.74, 6) is -0.476. The summed E-state index contributed by atoms with van der Waals surface area (Å²) >= 11 is 0. The fourth-order valence-electron chi connectivity index (χ4n) is 3.33. The number of hydrogen-bond donors (Lipinski definition) is 2. The predicted molar refractivity (Wildman–Crippen MR) is 114 cm³/mol. The van der Waals surface area contributed by atoms with Gasteiger partial charge in [-0.2, -0.15) is 0 Å². The number of ether oxygens (including phenoxy) is 1. The molecule has 1 aliphatic heterocycles. The maximum atomic E-state index is 12.5. The van der Waals surface area contributed by atoms with Crippen LogP contribution >= 0.6 is 0 Å². The average Bonchev–Trinajstić information content (AvgIpc) is 2.72. The minimum atomic E-state index is -3.74. The molecule has 0 unspecified atom stereocenters. The maximum Gasteiger partial charge on any atom is 0.246 e. The largest absolute Gasteiger partial charge is 0.495 e. The zero-order valence-electron chi connectivity index (χ0n) is 17.1. The van der Waals surface area contributed by atoms with Gasteiger partial charge in [-0.1, -0.05) is 18.2 Å².